The molecule has 1 heterocycles. The summed E-state index contributed by atoms with van der Waals surface area (Å²) in [6, 6.07) is 7.86. The molecule has 0 saturated heterocycles. The smallest absolute Gasteiger partial charge is 0.338 e. The lowest BCUT2D eigenvalue weighted by Crippen LogP contribution is -2.46. The molecule has 0 saturated carbocycles. The van der Waals surface area contributed by atoms with Crippen molar-refractivity contribution in [2.75, 3.05) is 4.31 Å². The molecule has 0 spiro atoms. The summed E-state index contributed by atoms with van der Waals surface area (Å²) in [6.07, 6.45) is 0.112. The van der Waals surface area contributed by atoms with Crippen molar-refractivity contribution >= 4 is 27.6 Å². The van der Waals surface area contributed by atoms with E-state index in [9.17, 15) is 22.4 Å². The molecule has 3 rings (SSSR count). The van der Waals surface area contributed by atoms with E-state index < -0.39 is 44.2 Å². The lowest BCUT2D eigenvalue weighted by Gasteiger charge is -2.25. The number of nitrogens with two attached hydrogens (primary N) is 1. The first-order valence-electron chi connectivity index (χ1n) is 7.18. The highest BCUT2D eigenvalue weighted by Crippen LogP contribution is 2.36. The first kappa shape index (κ1) is 16.9. The first-order chi connectivity index (χ1) is 11.7. The number of halogens is 1. The number of sulfonamides is 1. The Morgan fingerprint density at radius 3 is 2.48 bits per heavy atom. The molecule has 0 aliphatic carbocycles. The van der Waals surface area contributed by atoms with E-state index in [2.05, 4.69) is 0 Å². The van der Waals surface area contributed by atoms with Crippen LogP contribution in [0.15, 0.2) is 47.4 Å². The average Bonchev–Trinajstić information content (AvgIpc) is 2.94. The molecule has 0 unspecified atom stereocenters. The molecule has 1 atom stereocenters. The molecule has 2 aromatic rings. The third-order valence-corrected chi connectivity index (χ3v) is 5.80. The van der Waals surface area contributed by atoms with Crippen LogP contribution in [-0.2, 0) is 21.2 Å². The summed E-state index contributed by atoms with van der Waals surface area (Å²) >= 11 is 0. The Balaban J connectivity index is 2.14. The summed E-state index contributed by atoms with van der Waals surface area (Å²) in [5.41, 5.74) is 5.60. The number of benzene rings is 2. The number of anilines is 1. The fraction of sp³-hybridized carbons (Fsp3) is 0.125. The number of hydrogen-bond donors (Lipinski definition) is 2. The predicted octanol–water partition coefficient (Wildman–Crippen LogP) is 1.13. The van der Waals surface area contributed by atoms with Crippen molar-refractivity contribution in [2.24, 2.45) is 5.73 Å². The van der Waals surface area contributed by atoms with Crippen LogP contribution in [0.3, 0.4) is 0 Å². The maximum atomic E-state index is 13.9. The lowest BCUT2D eigenvalue weighted by atomic mass is 10.1. The second-order valence-corrected chi connectivity index (χ2v) is 7.31. The number of amides is 1. The second kappa shape index (κ2) is 5.85. The van der Waals surface area contributed by atoms with Crippen LogP contribution in [0.1, 0.15) is 15.9 Å². The lowest BCUT2D eigenvalue weighted by molar-refractivity contribution is -0.118. The fourth-order valence-corrected chi connectivity index (χ4v) is 4.48. The highest BCUT2D eigenvalue weighted by atomic mass is 32.2. The minimum atomic E-state index is -4.31. The van der Waals surface area contributed by atoms with Crippen molar-refractivity contribution < 1.29 is 27.5 Å². The van der Waals surface area contributed by atoms with Crippen LogP contribution in [0.5, 0.6) is 0 Å². The normalized spacial score (nSPS) is 16.5. The summed E-state index contributed by atoms with van der Waals surface area (Å²) in [5, 5.41) is 8.85. The number of carbonyl (C=O) groups excluding carboxylic acids is 1. The van der Waals surface area contributed by atoms with Gasteiger partial charge in [-0.05, 0) is 29.8 Å². The van der Waals surface area contributed by atoms with E-state index in [0.717, 1.165) is 16.4 Å². The Morgan fingerprint density at radius 1 is 1.20 bits per heavy atom. The minimum Gasteiger partial charge on any atom is -0.478 e. The van der Waals surface area contributed by atoms with E-state index >= 15 is 0 Å². The van der Waals surface area contributed by atoms with Gasteiger partial charge in [0.2, 0.25) is 5.91 Å². The van der Waals surface area contributed by atoms with Crippen LogP contribution in [-0.4, -0.2) is 31.4 Å². The highest BCUT2D eigenvalue weighted by molar-refractivity contribution is 7.93. The van der Waals surface area contributed by atoms with Crippen LogP contribution < -0.4 is 10.0 Å². The van der Waals surface area contributed by atoms with Gasteiger partial charge in [-0.25, -0.2) is 17.6 Å². The number of rotatable bonds is 4. The van der Waals surface area contributed by atoms with Gasteiger partial charge in [0.1, 0.15) is 11.9 Å². The maximum Gasteiger partial charge on any atom is 0.338 e. The molecule has 0 aromatic heterocycles. The fourth-order valence-electron chi connectivity index (χ4n) is 2.81. The second-order valence-electron chi connectivity index (χ2n) is 5.50. The van der Waals surface area contributed by atoms with E-state index in [-0.39, 0.29) is 12.1 Å². The minimum absolute atomic E-state index is 0.112. The predicted molar refractivity (Wildman–Crippen MR) is 86.2 cm³/mol. The van der Waals surface area contributed by atoms with Gasteiger partial charge in [-0.15, -0.1) is 0 Å². The van der Waals surface area contributed by atoms with Crippen molar-refractivity contribution in [3.05, 3.63) is 59.4 Å². The monoisotopic (exact) mass is 364 g/mol. The van der Waals surface area contributed by atoms with Gasteiger partial charge in [-0.1, -0.05) is 18.2 Å². The third kappa shape index (κ3) is 2.72. The van der Waals surface area contributed by atoms with Gasteiger partial charge in [0, 0.05) is 6.42 Å². The van der Waals surface area contributed by atoms with Crippen LogP contribution in [0, 0.1) is 5.82 Å². The first-order valence-corrected chi connectivity index (χ1v) is 8.62. The Labute approximate surface area is 142 Å². The molecule has 130 valence electrons. The van der Waals surface area contributed by atoms with Gasteiger partial charge in [0.15, 0.2) is 0 Å². The average molecular weight is 364 g/mol. The van der Waals surface area contributed by atoms with Gasteiger partial charge in [-0.3, -0.25) is 9.10 Å². The third-order valence-electron chi connectivity index (χ3n) is 3.98. The van der Waals surface area contributed by atoms with Crippen LogP contribution >= 0.6 is 0 Å². The number of carboxylic acids is 1. The molecule has 0 bridgehead atoms. The summed E-state index contributed by atoms with van der Waals surface area (Å²) in [4.78, 5) is 22.2. The van der Waals surface area contributed by atoms with Gasteiger partial charge in [0.05, 0.1) is 16.1 Å². The molecule has 9 heteroatoms. The van der Waals surface area contributed by atoms with Gasteiger partial charge in [0.25, 0.3) is 10.0 Å². The van der Waals surface area contributed by atoms with Crippen LogP contribution in [0.25, 0.3) is 0 Å². The Bertz CT molecular complexity index is 990. The number of nitrogens with zero attached hydrogens (tertiary/aromatic N) is 1. The summed E-state index contributed by atoms with van der Waals surface area (Å²) in [7, 11) is -4.31. The largest absolute Gasteiger partial charge is 0.478 e. The van der Waals surface area contributed by atoms with Gasteiger partial charge >= 0.3 is 5.97 Å². The standard InChI is InChI=1S/C16H13FN2O5S/c17-12-8-10(5-6-11(12)16(21)22)25(23,24)19-13-4-2-1-3-9(13)7-14(19)15(18)20/h1-6,8,14H,7H2,(H2,18,20)(H,21,22)/t14-/m0/s1. The van der Waals surface area contributed by atoms with Gasteiger partial charge in [-0.2, -0.15) is 0 Å². The SMILES string of the molecule is NC(=O)[C@@H]1Cc2ccccc2N1S(=O)(=O)c1ccc(C(=O)O)c(F)c1. The van der Waals surface area contributed by atoms with Crippen molar-refractivity contribution in [1.29, 1.82) is 0 Å². The zero-order valence-corrected chi connectivity index (χ0v) is 13.5. The Morgan fingerprint density at radius 2 is 1.88 bits per heavy atom. The molecule has 3 N–H and O–H groups in total. The van der Waals surface area contributed by atoms with Crippen LogP contribution in [0.4, 0.5) is 10.1 Å². The van der Waals surface area contributed by atoms with Gasteiger partial charge < -0.3 is 10.8 Å². The molecule has 0 fully saturated rings. The number of fused-ring (bicyclic) bond motifs is 1. The van der Waals surface area contributed by atoms with Crippen molar-refractivity contribution in [3.63, 3.8) is 0 Å². The molecule has 25 heavy (non-hydrogen) atoms. The van der Waals surface area contributed by atoms with E-state index in [0.29, 0.717) is 11.6 Å². The molecular weight excluding hydrogens is 351 g/mol. The van der Waals surface area contributed by atoms with E-state index in [1.165, 1.54) is 6.07 Å². The Hall–Kier alpha value is -2.94. The zero-order chi connectivity index (χ0) is 18.4. The van der Waals surface area contributed by atoms with Crippen LogP contribution in [0.2, 0.25) is 0 Å². The topological polar surface area (TPSA) is 118 Å². The van der Waals surface area contributed by atoms with E-state index in [1.54, 1.807) is 18.2 Å². The molecule has 0 radical (unpaired) electrons. The number of carbonyl (C=O) groups is 2. The van der Waals surface area contributed by atoms with Crippen molar-refractivity contribution in [1.82, 2.24) is 0 Å². The summed E-state index contributed by atoms with van der Waals surface area (Å²) < 4.78 is 40.7. The van der Waals surface area contributed by atoms with Crippen molar-refractivity contribution in [3.8, 4) is 0 Å². The summed E-state index contributed by atoms with van der Waals surface area (Å²) in [6.45, 7) is 0. The zero-order valence-electron chi connectivity index (χ0n) is 12.7. The molecule has 1 amide bonds. The highest BCUT2D eigenvalue weighted by Gasteiger charge is 2.41. The van der Waals surface area contributed by atoms with E-state index in [1.807, 2.05) is 0 Å². The Kier molecular flexibility index (Phi) is 3.96. The molecule has 2 aromatic carbocycles. The molecular formula is C16H13FN2O5S. The number of hydrogen-bond acceptors (Lipinski definition) is 4. The number of carboxylic acid groups (broad SMARTS) is 1. The number of para-hydroxylation sites is 1. The summed E-state index contributed by atoms with van der Waals surface area (Å²) in [5.74, 6) is -3.53. The quantitative estimate of drug-likeness (QED) is 0.843. The number of aromatic carboxylic acids is 1. The maximum absolute atomic E-state index is 13.9. The van der Waals surface area contributed by atoms with E-state index in [4.69, 9.17) is 10.8 Å². The molecule has 1 aliphatic heterocycles. The molecule has 1 aliphatic rings. The van der Waals surface area contributed by atoms with Crippen molar-refractivity contribution in [2.45, 2.75) is 17.4 Å². The number of primary amides is 1. The molecule has 7 nitrogen and oxygen atoms in total.